The van der Waals surface area contributed by atoms with E-state index < -0.39 is 124 Å². The van der Waals surface area contributed by atoms with Gasteiger partial charge in [-0.05, 0) is 51.4 Å². The normalized spacial score (nSPS) is 28.2. The maximum Gasteiger partial charge on any atom is 0.220 e. The van der Waals surface area contributed by atoms with Crippen molar-refractivity contribution in [1.29, 1.82) is 0 Å². The highest BCUT2D eigenvalue weighted by Gasteiger charge is 2.53. The Bertz CT molecular complexity index is 1780. The molecule has 0 aromatic heterocycles. The van der Waals surface area contributed by atoms with Crippen LogP contribution in [0.5, 0.6) is 0 Å². The van der Waals surface area contributed by atoms with Crippen LogP contribution in [0.3, 0.4) is 0 Å². The van der Waals surface area contributed by atoms with Crippen molar-refractivity contribution in [3.8, 4) is 0 Å². The summed E-state index contributed by atoms with van der Waals surface area (Å²) in [4.78, 5) is 13.2. The van der Waals surface area contributed by atoms with E-state index in [1.165, 1.54) is 186 Å². The summed E-state index contributed by atoms with van der Waals surface area (Å²) in [6.45, 7) is 1.65. The third-order valence-electron chi connectivity index (χ3n) is 18.2. The molecule has 19 heteroatoms. The Labute approximate surface area is 542 Å². The monoisotopic (exact) mass is 1290 g/mol. The Morgan fingerprint density at radius 1 is 0.400 bits per heavy atom. The van der Waals surface area contributed by atoms with Crippen LogP contribution in [0.4, 0.5) is 0 Å². The maximum absolute atomic E-state index is 13.2. The van der Waals surface area contributed by atoms with Crippen LogP contribution in [0.2, 0.25) is 0 Å². The number of ether oxygens (including phenoxy) is 6. The molecule has 0 spiro atoms. The van der Waals surface area contributed by atoms with E-state index in [1.807, 2.05) is 0 Å². The Hall–Kier alpha value is -1.99. The van der Waals surface area contributed by atoms with Gasteiger partial charge < -0.3 is 89.9 Å². The molecule has 3 rings (SSSR count). The summed E-state index contributed by atoms with van der Waals surface area (Å²) >= 11 is 0. The molecule has 0 radical (unpaired) electrons. The molecule has 0 saturated carbocycles. The number of rotatable bonds is 56. The molecule has 17 unspecified atom stereocenters. The van der Waals surface area contributed by atoms with E-state index in [0.29, 0.717) is 19.3 Å². The first-order chi connectivity index (χ1) is 43.8. The first-order valence-corrected chi connectivity index (χ1v) is 36.2. The van der Waals surface area contributed by atoms with Gasteiger partial charge in [0.15, 0.2) is 18.9 Å². The summed E-state index contributed by atoms with van der Waals surface area (Å²) < 4.78 is 34.1. The lowest BCUT2D eigenvalue weighted by Crippen LogP contribution is -2.66. The molecule has 0 aromatic carbocycles. The summed E-state index contributed by atoms with van der Waals surface area (Å²) in [5.74, 6) is -0.248. The van der Waals surface area contributed by atoms with Crippen LogP contribution in [0.25, 0.3) is 0 Å². The molecule has 0 aromatic rings. The Balaban J connectivity index is 1.18. The highest BCUT2D eigenvalue weighted by Crippen LogP contribution is 2.33. The fourth-order valence-electron chi connectivity index (χ4n) is 12.3. The number of hydrogen-bond donors (Lipinski definition) is 12. The summed E-state index contributed by atoms with van der Waals surface area (Å²) in [6.07, 6.45) is 36.8. The Morgan fingerprint density at radius 3 is 1.14 bits per heavy atom. The second-order valence-electron chi connectivity index (χ2n) is 26.1. The minimum absolute atomic E-state index is 0.248. The first kappa shape index (κ1) is 82.2. The molecule has 528 valence electrons. The molecule has 90 heavy (non-hydrogen) atoms. The second kappa shape index (κ2) is 53.2. The molecule has 3 aliphatic heterocycles. The number of allylic oxidation sites excluding steroid dienone is 6. The lowest BCUT2D eigenvalue weighted by Gasteiger charge is -2.48. The van der Waals surface area contributed by atoms with Crippen LogP contribution in [-0.4, -0.2) is 193 Å². The average Bonchev–Trinajstić information content (AvgIpc) is 1.63. The molecule has 3 saturated heterocycles. The van der Waals surface area contributed by atoms with Crippen molar-refractivity contribution in [2.24, 2.45) is 0 Å². The molecule has 3 fully saturated rings. The van der Waals surface area contributed by atoms with Gasteiger partial charge in [-0.1, -0.05) is 256 Å². The maximum atomic E-state index is 13.2. The van der Waals surface area contributed by atoms with E-state index in [4.69, 9.17) is 28.4 Å². The number of amides is 1. The van der Waals surface area contributed by atoms with E-state index in [9.17, 15) is 61.0 Å². The van der Waals surface area contributed by atoms with E-state index in [-0.39, 0.29) is 18.9 Å². The van der Waals surface area contributed by atoms with Gasteiger partial charge in [0.05, 0.1) is 38.6 Å². The Morgan fingerprint density at radius 2 is 0.733 bits per heavy atom. The zero-order valence-corrected chi connectivity index (χ0v) is 55.9. The number of hydrogen-bond acceptors (Lipinski definition) is 18. The van der Waals surface area contributed by atoms with Gasteiger partial charge in [-0.25, -0.2) is 0 Å². The van der Waals surface area contributed by atoms with Crippen molar-refractivity contribution in [2.45, 2.75) is 381 Å². The van der Waals surface area contributed by atoms with E-state index in [0.717, 1.165) is 51.4 Å². The fourth-order valence-corrected chi connectivity index (χ4v) is 12.3. The number of carbonyl (C=O) groups is 1. The summed E-state index contributed by atoms with van der Waals surface area (Å²) in [5.41, 5.74) is 0. The van der Waals surface area contributed by atoms with Gasteiger partial charge in [0.1, 0.15) is 73.2 Å². The van der Waals surface area contributed by atoms with Crippen molar-refractivity contribution >= 4 is 5.91 Å². The van der Waals surface area contributed by atoms with Crippen molar-refractivity contribution < 1.29 is 89.4 Å². The van der Waals surface area contributed by atoms with Crippen molar-refractivity contribution in [3.63, 3.8) is 0 Å². The molecular formula is C71H131NO18. The molecule has 17 atom stereocenters. The van der Waals surface area contributed by atoms with Gasteiger partial charge in [-0.3, -0.25) is 4.79 Å². The molecule has 1 amide bonds. The predicted octanol–water partition coefficient (Wildman–Crippen LogP) is 10.00. The number of aliphatic hydroxyl groups is 11. The van der Waals surface area contributed by atoms with Crippen LogP contribution < -0.4 is 5.32 Å². The highest BCUT2D eigenvalue weighted by molar-refractivity contribution is 5.76. The molecule has 3 heterocycles. The van der Waals surface area contributed by atoms with E-state index >= 15 is 0 Å². The molecule has 12 N–H and O–H groups in total. The van der Waals surface area contributed by atoms with Crippen LogP contribution >= 0.6 is 0 Å². The predicted molar refractivity (Wildman–Crippen MR) is 351 cm³/mol. The van der Waals surface area contributed by atoms with Crippen molar-refractivity contribution in [2.75, 3.05) is 26.4 Å². The smallest absolute Gasteiger partial charge is 0.220 e. The van der Waals surface area contributed by atoms with Gasteiger partial charge in [-0.2, -0.15) is 0 Å². The van der Waals surface area contributed by atoms with Gasteiger partial charge in [-0.15, -0.1) is 0 Å². The van der Waals surface area contributed by atoms with E-state index in [2.05, 4.69) is 55.6 Å². The lowest BCUT2D eigenvalue weighted by atomic mass is 9.96. The number of aliphatic hydroxyl groups excluding tert-OH is 11. The first-order valence-electron chi connectivity index (χ1n) is 36.2. The summed E-state index contributed by atoms with van der Waals surface area (Å²) in [6, 6.07) is -0.880. The lowest BCUT2D eigenvalue weighted by molar-refractivity contribution is -0.379. The number of nitrogens with one attached hydrogen (secondary N) is 1. The number of carbonyl (C=O) groups excluding carboxylic acids is 1. The third-order valence-corrected chi connectivity index (χ3v) is 18.2. The van der Waals surface area contributed by atoms with E-state index in [1.54, 1.807) is 0 Å². The molecule has 0 aliphatic carbocycles. The van der Waals surface area contributed by atoms with Gasteiger partial charge in [0, 0.05) is 6.42 Å². The molecule has 0 bridgehead atoms. The zero-order chi connectivity index (χ0) is 65.4. The standard InChI is InChI=1S/C71H131NO18/c1-3-5-7-9-10-11-12-13-14-15-16-17-18-19-20-21-22-23-24-25-26-27-28-29-30-31-32-33-34-35-36-37-38-39-40-41-42-43-44-45-47-49-59(77)72-54(55(76)48-46-8-6-4-2)53-85-69-65(83)62(80)67(57(51-74)87-69)90-71-66(84)63(81)68(58(52-75)88-71)89-70-64(82)61(79)60(78)56(50-73)86-70/h12-13,15-16,18-19,54-58,60-71,73-76,78-84H,3-11,14,17,20-53H2,1-2H3,(H,72,77)/b13-12-,16-15-,19-18-. The molecule has 19 nitrogen and oxygen atoms in total. The number of unbranched alkanes of at least 4 members (excludes halogenated alkanes) is 34. The average molecular weight is 1290 g/mol. The minimum Gasteiger partial charge on any atom is -0.394 e. The van der Waals surface area contributed by atoms with Crippen molar-refractivity contribution in [1.82, 2.24) is 5.32 Å². The largest absolute Gasteiger partial charge is 0.394 e. The summed E-state index contributed by atoms with van der Waals surface area (Å²) in [7, 11) is 0. The van der Waals surface area contributed by atoms with Crippen LogP contribution in [-0.2, 0) is 33.2 Å². The van der Waals surface area contributed by atoms with Crippen LogP contribution in [0.15, 0.2) is 36.5 Å². The summed E-state index contributed by atoms with van der Waals surface area (Å²) in [5, 5.41) is 120. The van der Waals surface area contributed by atoms with Gasteiger partial charge in [0.25, 0.3) is 0 Å². The molecule has 3 aliphatic rings. The van der Waals surface area contributed by atoms with Crippen LogP contribution in [0, 0.1) is 0 Å². The van der Waals surface area contributed by atoms with Crippen molar-refractivity contribution in [3.05, 3.63) is 36.5 Å². The second-order valence-corrected chi connectivity index (χ2v) is 26.1. The third kappa shape index (κ3) is 34.6. The topological polar surface area (TPSA) is 307 Å². The Kier molecular flexibility index (Phi) is 48.6. The van der Waals surface area contributed by atoms with Crippen LogP contribution in [0.1, 0.15) is 277 Å². The zero-order valence-electron chi connectivity index (χ0n) is 55.9. The quantitative estimate of drug-likeness (QED) is 0.0199. The van der Waals surface area contributed by atoms with Gasteiger partial charge in [0.2, 0.25) is 5.91 Å². The molecular weight excluding hydrogens is 1150 g/mol. The minimum atomic E-state index is -1.97. The van der Waals surface area contributed by atoms with Gasteiger partial charge >= 0.3 is 0 Å². The fraction of sp³-hybridized carbons (Fsp3) is 0.901. The highest BCUT2D eigenvalue weighted by atomic mass is 16.8. The SMILES string of the molecule is CCCCCCC/C=C\C/C=C\C/C=C\CCCCCCCCCCCCCCCCCCCCCCCCCCCCC(=O)NC(COC1OC(CO)C(OC2OC(CO)C(OC3OC(CO)C(O)C(O)C3O)C(O)C2O)C(O)C1O)C(O)CCCCCC.